The average molecular weight is 470 g/mol. The Balaban J connectivity index is 1.25. The van der Waals surface area contributed by atoms with Crippen molar-refractivity contribution in [2.45, 2.75) is 62.8 Å². The minimum atomic E-state index is -3.39. The van der Waals surface area contributed by atoms with E-state index >= 15 is 0 Å². The van der Waals surface area contributed by atoms with Crippen LogP contribution in [-0.4, -0.2) is 31.0 Å². The van der Waals surface area contributed by atoms with Crippen LogP contribution < -0.4 is 10.6 Å². The molecule has 33 heavy (non-hydrogen) atoms. The summed E-state index contributed by atoms with van der Waals surface area (Å²) in [5.74, 6) is 0.453. The number of amides is 2. The number of hydrogen-bond donors (Lipinski definition) is 2. The van der Waals surface area contributed by atoms with E-state index in [1.54, 1.807) is 24.4 Å². The van der Waals surface area contributed by atoms with Gasteiger partial charge in [-0.3, -0.25) is 14.6 Å². The normalized spacial score (nSPS) is 20.9. The second kappa shape index (κ2) is 10.5. The van der Waals surface area contributed by atoms with Gasteiger partial charge in [0.05, 0.1) is 22.9 Å². The highest BCUT2D eigenvalue weighted by Crippen LogP contribution is 2.32. The second-order valence-electron chi connectivity index (χ2n) is 9.08. The Morgan fingerprint density at radius 3 is 2.67 bits per heavy atom. The number of hydrogen-bond acceptors (Lipinski definition) is 5. The highest BCUT2D eigenvalue weighted by molar-refractivity contribution is 7.91. The molecule has 0 spiro atoms. The highest BCUT2D eigenvalue weighted by Gasteiger charge is 2.28. The van der Waals surface area contributed by atoms with Crippen LogP contribution in [0.2, 0.25) is 0 Å². The first-order chi connectivity index (χ1) is 15.9. The van der Waals surface area contributed by atoms with Gasteiger partial charge in [-0.05, 0) is 86.8 Å². The van der Waals surface area contributed by atoms with Gasteiger partial charge in [0.25, 0.3) is 0 Å². The lowest BCUT2D eigenvalue weighted by Gasteiger charge is -2.27. The third-order valence-electron chi connectivity index (χ3n) is 6.74. The van der Waals surface area contributed by atoms with Gasteiger partial charge in [0.15, 0.2) is 9.84 Å². The summed E-state index contributed by atoms with van der Waals surface area (Å²) < 4.78 is 25.9. The van der Waals surface area contributed by atoms with Crippen molar-refractivity contribution in [3.05, 3.63) is 53.9 Å². The molecule has 0 bridgehead atoms. The molecule has 176 valence electrons. The number of carbonyl (C=O) groups excluding carboxylic acids is 2. The summed E-state index contributed by atoms with van der Waals surface area (Å²) in [6.07, 6.45) is 7.52. The molecular formula is C25H31N3O4S. The number of sulfone groups is 1. The van der Waals surface area contributed by atoms with Gasteiger partial charge in [-0.2, -0.15) is 0 Å². The summed E-state index contributed by atoms with van der Waals surface area (Å²) in [5.41, 5.74) is 2.44. The van der Waals surface area contributed by atoms with Gasteiger partial charge in [-0.15, -0.1) is 0 Å². The van der Waals surface area contributed by atoms with E-state index in [4.69, 9.17) is 0 Å². The topological polar surface area (TPSA) is 105 Å². The van der Waals surface area contributed by atoms with E-state index in [1.807, 2.05) is 18.2 Å². The van der Waals surface area contributed by atoms with Crippen molar-refractivity contribution in [1.82, 2.24) is 10.3 Å². The number of aryl methyl sites for hydroxylation is 1. The Bertz CT molecular complexity index is 1090. The summed E-state index contributed by atoms with van der Waals surface area (Å²) in [6, 6.07) is 10.7. The van der Waals surface area contributed by atoms with Crippen LogP contribution in [0.3, 0.4) is 0 Å². The maximum atomic E-state index is 12.9. The van der Waals surface area contributed by atoms with Gasteiger partial charge in [-0.25, -0.2) is 8.42 Å². The zero-order valence-electron chi connectivity index (χ0n) is 18.8. The van der Waals surface area contributed by atoms with E-state index in [9.17, 15) is 18.0 Å². The average Bonchev–Trinajstić information content (AvgIpc) is 3.02. The first kappa shape index (κ1) is 23.4. The fourth-order valence-electron chi connectivity index (χ4n) is 4.72. The molecule has 0 saturated heterocycles. The minimum absolute atomic E-state index is 0.0126. The highest BCUT2D eigenvalue weighted by atomic mass is 32.2. The summed E-state index contributed by atoms with van der Waals surface area (Å²) in [6.45, 7) is 0.433. The molecule has 0 atom stereocenters. The minimum Gasteiger partial charge on any atom is -0.350 e. The van der Waals surface area contributed by atoms with Crippen LogP contribution >= 0.6 is 0 Å². The van der Waals surface area contributed by atoms with Crippen LogP contribution in [0.25, 0.3) is 0 Å². The smallest absolute Gasteiger partial charge is 0.224 e. The number of aromatic nitrogens is 1. The van der Waals surface area contributed by atoms with Crippen molar-refractivity contribution >= 4 is 27.3 Å². The molecular weight excluding hydrogens is 438 g/mol. The van der Waals surface area contributed by atoms with E-state index in [0.717, 1.165) is 49.0 Å². The fourth-order valence-corrected chi connectivity index (χ4v) is 6.20. The molecule has 8 heteroatoms. The summed E-state index contributed by atoms with van der Waals surface area (Å²) in [7, 11) is -3.39. The van der Waals surface area contributed by atoms with Crippen LogP contribution in [0.4, 0.5) is 5.69 Å². The predicted octanol–water partition coefficient (Wildman–Crippen LogP) is 3.64. The van der Waals surface area contributed by atoms with Gasteiger partial charge < -0.3 is 10.6 Å². The molecule has 2 amide bonds. The maximum absolute atomic E-state index is 12.9. The molecule has 1 aromatic heterocycles. The molecule has 2 heterocycles. The molecule has 7 nitrogen and oxygen atoms in total. The second-order valence-corrected chi connectivity index (χ2v) is 11.2. The number of nitrogens with one attached hydrogen (secondary N) is 2. The number of nitrogens with zero attached hydrogens (tertiary/aromatic N) is 1. The van der Waals surface area contributed by atoms with E-state index in [-0.39, 0.29) is 23.5 Å². The quantitative estimate of drug-likeness (QED) is 0.644. The first-order valence-electron chi connectivity index (χ1n) is 11.7. The SMILES string of the molecule is O=C1CCCc2cc(S(=O)(=O)CCC3CCC(C(=O)NCc4ccccn4)CC3)ccc2N1. The Morgan fingerprint density at radius 1 is 1.09 bits per heavy atom. The Hall–Kier alpha value is -2.74. The lowest BCUT2D eigenvalue weighted by molar-refractivity contribution is -0.126. The lowest BCUT2D eigenvalue weighted by Crippen LogP contribution is -2.33. The van der Waals surface area contributed by atoms with Crippen LogP contribution in [0.15, 0.2) is 47.5 Å². The lowest BCUT2D eigenvalue weighted by atomic mass is 9.80. The molecule has 2 aliphatic rings. The van der Waals surface area contributed by atoms with Gasteiger partial charge in [0.2, 0.25) is 11.8 Å². The van der Waals surface area contributed by atoms with E-state index in [0.29, 0.717) is 36.6 Å². The molecule has 1 saturated carbocycles. The molecule has 4 rings (SSSR count). The van der Waals surface area contributed by atoms with Crippen molar-refractivity contribution < 1.29 is 18.0 Å². The zero-order chi connectivity index (χ0) is 23.3. The number of pyridine rings is 1. The van der Waals surface area contributed by atoms with Gasteiger partial charge >= 0.3 is 0 Å². The fraction of sp³-hybridized carbons (Fsp3) is 0.480. The van der Waals surface area contributed by atoms with Crippen molar-refractivity contribution in [2.24, 2.45) is 11.8 Å². The number of rotatable bonds is 7. The Morgan fingerprint density at radius 2 is 1.91 bits per heavy atom. The van der Waals surface area contributed by atoms with Crippen molar-refractivity contribution in [3.63, 3.8) is 0 Å². The molecule has 1 fully saturated rings. The molecule has 1 aliphatic carbocycles. The Kier molecular flexibility index (Phi) is 7.42. The standard InChI is InChI=1S/C25H31N3O4S/c29-24-6-3-4-20-16-22(11-12-23(20)28-24)33(31,32)15-13-18-7-9-19(10-8-18)25(30)27-17-21-5-1-2-14-26-21/h1-2,5,11-12,14,16,18-19H,3-4,6-10,13,15,17H2,(H,27,30)(H,28,29). The zero-order valence-corrected chi connectivity index (χ0v) is 19.6. The maximum Gasteiger partial charge on any atom is 0.224 e. The molecule has 0 radical (unpaired) electrons. The Labute approximate surface area is 195 Å². The summed E-state index contributed by atoms with van der Waals surface area (Å²) >= 11 is 0. The third kappa shape index (κ3) is 6.19. The number of carbonyl (C=O) groups is 2. The third-order valence-corrected chi connectivity index (χ3v) is 8.49. The number of benzene rings is 1. The van der Waals surface area contributed by atoms with Gasteiger partial charge in [-0.1, -0.05) is 6.07 Å². The summed E-state index contributed by atoms with van der Waals surface area (Å²) in [5, 5.41) is 5.82. The van der Waals surface area contributed by atoms with Gasteiger partial charge in [0, 0.05) is 24.2 Å². The molecule has 2 N–H and O–H groups in total. The number of fused-ring (bicyclic) bond motifs is 1. The first-order valence-corrected chi connectivity index (χ1v) is 13.4. The van der Waals surface area contributed by atoms with Crippen LogP contribution in [-0.2, 0) is 32.4 Å². The predicted molar refractivity (Wildman–Crippen MR) is 126 cm³/mol. The molecule has 1 aromatic carbocycles. The largest absolute Gasteiger partial charge is 0.350 e. The van der Waals surface area contributed by atoms with E-state index in [2.05, 4.69) is 15.6 Å². The van der Waals surface area contributed by atoms with Crippen molar-refractivity contribution in [1.29, 1.82) is 0 Å². The van der Waals surface area contributed by atoms with Crippen LogP contribution in [0.5, 0.6) is 0 Å². The molecule has 1 aliphatic heterocycles. The summed E-state index contributed by atoms with van der Waals surface area (Å²) in [4.78, 5) is 28.8. The van der Waals surface area contributed by atoms with Crippen LogP contribution in [0.1, 0.15) is 56.2 Å². The van der Waals surface area contributed by atoms with E-state index in [1.165, 1.54) is 0 Å². The molecule has 2 aromatic rings. The van der Waals surface area contributed by atoms with Crippen LogP contribution in [0, 0.1) is 11.8 Å². The van der Waals surface area contributed by atoms with Gasteiger partial charge in [0.1, 0.15) is 0 Å². The monoisotopic (exact) mass is 469 g/mol. The van der Waals surface area contributed by atoms with Crippen molar-refractivity contribution in [2.75, 3.05) is 11.1 Å². The van der Waals surface area contributed by atoms with Crippen molar-refractivity contribution in [3.8, 4) is 0 Å². The van der Waals surface area contributed by atoms with E-state index < -0.39 is 9.84 Å². The number of anilines is 1. The molecule has 0 unspecified atom stereocenters.